The number of hydrogen-bond donors (Lipinski definition) is 1. The van der Waals surface area contributed by atoms with Crippen LogP contribution in [0.5, 0.6) is 0 Å². The first-order valence-electron chi connectivity index (χ1n) is 6.41. The van der Waals surface area contributed by atoms with Gasteiger partial charge in [0.15, 0.2) is 0 Å². The number of fused-ring (bicyclic) bond motifs is 1. The van der Waals surface area contributed by atoms with E-state index in [0.29, 0.717) is 0 Å². The number of nitrogens with one attached hydrogen (secondary N) is 1. The summed E-state index contributed by atoms with van der Waals surface area (Å²) in [4.78, 5) is 7.12. The molecule has 2 aromatic heterocycles. The maximum Gasteiger partial charge on any atom is 0.106 e. The normalized spacial score (nSPS) is 12.8. The van der Waals surface area contributed by atoms with Gasteiger partial charge >= 0.3 is 0 Å². The molecule has 0 fully saturated rings. The van der Waals surface area contributed by atoms with E-state index in [9.17, 15) is 0 Å². The Morgan fingerprint density at radius 1 is 1.30 bits per heavy atom. The van der Waals surface area contributed by atoms with E-state index in [1.807, 2.05) is 29.0 Å². The zero-order chi connectivity index (χ0) is 14.3. The molecule has 0 bridgehead atoms. The van der Waals surface area contributed by atoms with Crippen LogP contribution in [0.1, 0.15) is 28.3 Å². The fourth-order valence-corrected chi connectivity index (χ4v) is 4.33. The Hall–Kier alpha value is -1.10. The molecule has 20 heavy (non-hydrogen) atoms. The highest BCUT2D eigenvalue weighted by atomic mass is 35.5. The van der Waals surface area contributed by atoms with Crippen molar-refractivity contribution in [3.63, 3.8) is 0 Å². The molecule has 0 aliphatic carbocycles. The Kier molecular flexibility index (Phi) is 3.71. The quantitative estimate of drug-likeness (QED) is 0.659. The summed E-state index contributed by atoms with van der Waals surface area (Å²) < 4.78 is 1.15. The number of hydrogen-bond acceptors (Lipinski definition) is 4. The summed E-state index contributed by atoms with van der Waals surface area (Å²) in [7, 11) is 0. The lowest BCUT2D eigenvalue weighted by Gasteiger charge is -2.17. The van der Waals surface area contributed by atoms with Crippen LogP contribution in [-0.4, -0.2) is 4.98 Å². The Labute approximate surface area is 131 Å². The molecular weight excluding hydrogens is 308 g/mol. The minimum Gasteiger partial charge on any atom is -0.375 e. The molecule has 5 heteroatoms. The molecule has 0 saturated heterocycles. The Morgan fingerprint density at radius 3 is 2.80 bits per heavy atom. The zero-order valence-corrected chi connectivity index (χ0v) is 13.9. The van der Waals surface area contributed by atoms with Crippen LogP contribution in [0.3, 0.4) is 0 Å². The number of nitrogens with zero attached hydrogens (tertiary/aromatic N) is 1. The summed E-state index contributed by atoms with van der Waals surface area (Å²) in [5, 5.41) is 4.25. The van der Waals surface area contributed by atoms with Crippen LogP contribution in [0, 0.1) is 13.8 Å². The summed E-state index contributed by atoms with van der Waals surface area (Å²) in [5.41, 5.74) is 5.08. The van der Waals surface area contributed by atoms with Crippen molar-refractivity contribution < 1.29 is 0 Å². The van der Waals surface area contributed by atoms with Crippen LogP contribution in [0.15, 0.2) is 23.7 Å². The van der Waals surface area contributed by atoms with Crippen LogP contribution >= 0.6 is 34.3 Å². The highest BCUT2D eigenvalue weighted by Crippen LogP contribution is 2.36. The second kappa shape index (κ2) is 5.35. The van der Waals surface area contributed by atoms with Gasteiger partial charge in [-0.05, 0) is 44.5 Å². The van der Waals surface area contributed by atoms with Crippen molar-refractivity contribution in [1.82, 2.24) is 4.98 Å². The third-order valence-electron chi connectivity index (χ3n) is 3.36. The molecule has 0 amide bonds. The number of anilines is 1. The van der Waals surface area contributed by atoms with Crippen LogP contribution in [0.2, 0.25) is 5.02 Å². The van der Waals surface area contributed by atoms with E-state index in [0.717, 1.165) is 20.9 Å². The second-order valence-electron chi connectivity index (χ2n) is 4.86. The lowest BCUT2D eigenvalue weighted by atomic mass is 10.1. The number of thiophene rings is 1. The van der Waals surface area contributed by atoms with Gasteiger partial charge in [0.05, 0.1) is 20.9 Å². The van der Waals surface area contributed by atoms with Gasteiger partial charge in [-0.25, -0.2) is 4.98 Å². The number of rotatable bonds is 3. The highest BCUT2D eigenvalue weighted by molar-refractivity contribution is 7.16. The number of halogens is 1. The molecular formula is C15H15ClN2S2. The molecule has 1 N–H and O–H groups in total. The molecule has 3 rings (SSSR count). The number of benzene rings is 1. The lowest BCUT2D eigenvalue weighted by Crippen LogP contribution is -2.07. The van der Waals surface area contributed by atoms with E-state index in [2.05, 4.69) is 37.1 Å². The van der Waals surface area contributed by atoms with Gasteiger partial charge < -0.3 is 5.32 Å². The molecule has 104 valence electrons. The Balaban J connectivity index is 1.98. The Bertz CT molecular complexity index is 760. The van der Waals surface area contributed by atoms with Crippen molar-refractivity contribution in [3.8, 4) is 0 Å². The van der Waals surface area contributed by atoms with Gasteiger partial charge in [-0.1, -0.05) is 11.6 Å². The molecule has 0 spiro atoms. The average Bonchev–Trinajstić information content (AvgIpc) is 2.99. The van der Waals surface area contributed by atoms with Crippen molar-refractivity contribution >= 4 is 50.2 Å². The fourth-order valence-electron chi connectivity index (χ4n) is 2.42. The standard InChI is InChI=1S/C15H15ClN2S2/c1-8-6-11(10(3)20-8)9(2)18-14-12(16)4-5-13-15(14)17-7-19-13/h4-7,9,18H,1-3H3. The van der Waals surface area contributed by atoms with Crippen molar-refractivity contribution in [2.24, 2.45) is 0 Å². The van der Waals surface area contributed by atoms with Gasteiger partial charge in [-0.15, -0.1) is 22.7 Å². The summed E-state index contributed by atoms with van der Waals surface area (Å²) in [6.45, 7) is 6.47. The minimum atomic E-state index is 0.213. The molecule has 0 aliphatic heterocycles. The summed E-state index contributed by atoms with van der Waals surface area (Å²) in [5.74, 6) is 0. The van der Waals surface area contributed by atoms with Gasteiger partial charge in [-0.2, -0.15) is 0 Å². The number of aromatic nitrogens is 1. The molecule has 2 heterocycles. The van der Waals surface area contributed by atoms with Crippen LogP contribution < -0.4 is 5.32 Å². The molecule has 0 aliphatic rings. The van der Waals surface area contributed by atoms with Gasteiger partial charge in [0.25, 0.3) is 0 Å². The second-order valence-corrected chi connectivity index (χ2v) is 7.61. The fraction of sp³-hybridized carbons (Fsp3) is 0.267. The van der Waals surface area contributed by atoms with E-state index in [1.54, 1.807) is 11.3 Å². The Morgan fingerprint density at radius 2 is 2.10 bits per heavy atom. The number of aryl methyl sites for hydroxylation is 2. The minimum absolute atomic E-state index is 0.213. The van der Waals surface area contributed by atoms with Crippen LogP contribution in [0.25, 0.3) is 10.2 Å². The third kappa shape index (κ3) is 2.43. The molecule has 0 radical (unpaired) electrons. The van der Waals surface area contributed by atoms with Crippen molar-refractivity contribution in [3.05, 3.63) is 44.1 Å². The van der Waals surface area contributed by atoms with Crippen LogP contribution in [-0.2, 0) is 0 Å². The third-order valence-corrected chi connectivity index (χ3v) is 5.45. The average molecular weight is 323 g/mol. The lowest BCUT2D eigenvalue weighted by molar-refractivity contribution is 0.883. The monoisotopic (exact) mass is 322 g/mol. The van der Waals surface area contributed by atoms with E-state index < -0.39 is 0 Å². The van der Waals surface area contributed by atoms with Crippen molar-refractivity contribution in [1.29, 1.82) is 0 Å². The van der Waals surface area contributed by atoms with Gasteiger partial charge in [-0.3, -0.25) is 0 Å². The summed E-state index contributed by atoms with van der Waals surface area (Å²) in [6.07, 6.45) is 0. The topological polar surface area (TPSA) is 24.9 Å². The predicted octanol–water partition coefficient (Wildman–Crippen LogP) is 5.80. The largest absolute Gasteiger partial charge is 0.375 e. The molecule has 1 aromatic carbocycles. The summed E-state index contributed by atoms with van der Waals surface area (Å²) in [6, 6.07) is 6.41. The van der Waals surface area contributed by atoms with Crippen molar-refractivity contribution in [2.45, 2.75) is 26.8 Å². The molecule has 1 atom stereocenters. The maximum absolute atomic E-state index is 6.34. The maximum atomic E-state index is 6.34. The molecule has 3 aromatic rings. The van der Waals surface area contributed by atoms with E-state index >= 15 is 0 Å². The first-order valence-corrected chi connectivity index (χ1v) is 8.49. The first kappa shape index (κ1) is 13.9. The smallest absolute Gasteiger partial charge is 0.106 e. The zero-order valence-electron chi connectivity index (χ0n) is 11.5. The number of thiazole rings is 1. The molecule has 0 saturated carbocycles. The van der Waals surface area contributed by atoms with E-state index in [4.69, 9.17) is 11.6 Å². The van der Waals surface area contributed by atoms with Crippen molar-refractivity contribution in [2.75, 3.05) is 5.32 Å². The molecule has 2 nitrogen and oxygen atoms in total. The van der Waals surface area contributed by atoms with E-state index in [-0.39, 0.29) is 6.04 Å². The van der Waals surface area contributed by atoms with Gasteiger partial charge in [0.1, 0.15) is 5.52 Å². The predicted molar refractivity (Wildman–Crippen MR) is 90.5 cm³/mol. The van der Waals surface area contributed by atoms with Crippen LogP contribution in [0.4, 0.5) is 5.69 Å². The highest BCUT2D eigenvalue weighted by Gasteiger charge is 2.15. The SMILES string of the molecule is Cc1cc(C(C)Nc2c(Cl)ccc3scnc23)c(C)s1. The summed E-state index contributed by atoms with van der Waals surface area (Å²) >= 11 is 9.81. The van der Waals surface area contributed by atoms with E-state index in [1.165, 1.54) is 15.3 Å². The van der Waals surface area contributed by atoms with Gasteiger partial charge in [0.2, 0.25) is 0 Å². The molecule has 1 unspecified atom stereocenters. The first-order chi connectivity index (χ1) is 9.56. The van der Waals surface area contributed by atoms with Gasteiger partial charge in [0, 0.05) is 15.8 Å².